The average Bonchev–Trinajstić information content (AvgIpc) is 3.22. The number of carbonyl (C=O) groups is 2. The van der Waals surface area contributed by atoms with E-state index in [1.54, 1.807) is 0 Å². The minimum atomic E-state index is -0.370. The number of nitrogens with zero attached hydrogens (tertiary/aromatic N) is 1. The molecule has 2 aromatic rings. The molecule has 0 radical (unpaired) electrons. The van der Waals surface area contributed by atoms with Crippen molar-refractivity contribution in [2.24, 2.45) is 0 Å². The SMILES string of the molecule is C[C@@H](CC(=O)OCC(=O)Nc1ccc(N2CCCC2)cc1)c1ccccc1. The van der Waals surface area contributed by atoms with Gasteiger partial charge in [-0.2, -0.15) is 0 Å². The number of amides is 1. The second kappa shape index (κ2) is 9.21. The molecule has 0 spiro atoms. The summed E-state index contributed by atoms with van der Waals surface area (Å²) in [5.74, 6) is -0.643. The van der Waals surface area contributed by atoms with Gasteiger partial charge < -0.3 is 15.0 Å². The van der Waals surface area contributed by atoms with E-state index in [2.05, 4.69) is 10.2 Å². The molecule has 1 atom stereocenters. The van der Waals surface area contributed by atoms with Gasteiger partial charge in [0, 0.05) is 24.5 Å². The molecule has 0 aliphatic carbocycles. The lowest BCUT2D eigenvalue weighted by Crippen LogP contribution is -2.21. The van der Waals surface area contributed by atoms with Crippen LogP contribution in [0.1, 0.15) is 37.7 Å². The van der Waals surface area contributed by atoms with Crippen LogP contribution in [0.2, 0.25) is 0 Å². The van der Waals surface area contributed by atoms with Gasteiger partial charge in [0.1, 0.15) is 0 Å². The summed E-state index contributed by atoms with van der Waals surface area (Å²) in [7, 11) is 0. The fraction of sp³-hybridized carbons (Fsp3) is 0.364. The molecule has 1 aliphatic heterocycles. The highest BCUT2D eigenvalue weighted by Crippen LogP contribution is 2.22. The Hall–Kier alpha value is -2.82. The van der Waals surface area contributed by atoms with Crippen LogP contribution in [-0.2, 0) is 14.3 Å². The largest absolute Gasteiger partial charge is 0.456 e. The van der Waals surface area contributed by atoms with Crippen LogP contribution >= 0.6 is 0 Å². The molecule has 5 nitrogen and oxygen atoms in total. The Balaban J connectivity index is 1.41. The van der Waals surface area contributed by atoms with E-state index in [-0.39, 0.29) is 30.8 Å². The molecule has 5 heteroatoms. The topological polar surface area (TPSA) is 58.6 Å². The molecule has 142 valence electrons. The first-order chi connectivity index (χ1) is 13.1. The molecule has 1 amide bonds. The van der Waals surface area contributed by atoms with Gasteiger partial charge in [0.15, 0.2) is 6.61 Å². The molecule has 0 bridgehead atoms. The highest BCUT2D eigenvalue weighted by molar-refractivity contribution is 5.93. The van der Waals surface area contributed by atoms with Gasteiger partial charge in [0.05, 0.1) is 6.42 Å². The molecule has 27 heavy (non-hydrogen) atoms. The Kier molecular flexibility index (Phi) is 6.47. The van der Waals surface area contributed by atoms with Crippen LogP contribution in [-0.4, -0.2) is 31.6 Å². The lowest BCUT2D eigenvalue weighted by atomic mass is 9.98. The summed E-state index contributed by atoms with van der Waals surface area (Å²) in [5.41, 5.74) is 2.96. The third-order valence-corrected chi connectivity index (χ3v) is 4.83. The van der Waals surface area contributed by atoms with E-state index in [1.165, 1.54) is 18.5 Å². The molecular formula is C22H26N2O3. The summed E-state index contributed by atoms with van der Waals surface area (Å²) >= 11 is 0. The van der Waals surface area contributed by atoms with Crippen LogP contribution in [0.4, 0.5) is 11.4 Å². The van der Waals surface area contributed by atoms with Crippen molar-refractivity contribution in [3.05, 3.63) is 60.2 Å². The zero-order valence-corrected chi connectivity index (χ0v) is 15.7. The number of hydrogen-bond donors (Lipinski definition) is 1. The maximum Gasteiger partial charge on any atom is 0.306 e. The summed E-state index contributed by atoms with van der Waals surface area (Å²) in [6.45, 7) is 3.87. The fourth-order valence-electron chi connectivity index (χ4n) is 3.28. The fourth-order valence-corrected chi connectivity index (χ4v) is 3.28. The van der Waals surface area contributed by atoms with Crippen LogP contribution in [0.3, 0.4) is 0 Å². The zero-order chi connectivity index (χ0) is 19.1. The van der Waals surface area contributed by atoms with Crippen molar-refractivity contribution >= 4 is 23.3 Å². The summed E-state index contributed by atoms with van der Waals surface area (Å²) in [4.78, 5) is 26.3. The highest BCUT2D eigenvalue weighted by atomic mass is 16.5. The molecular weight excluding hydrogens is 340 g/mol. The van der Waals surface area contributed by atoms with Crippen LogP contribution in [0.25, 0.3) is 0 Å². The quantitative estimate of drug-likeness (QED) is 0.754. The molecule has 1 heterocycles. The first-order valence-electron chi connectivity index (χ1n) is 9.47. The molecule has 0 aromatic heterocycles. The number of benzene rings is 2. The summed E-state index contributed by atoms with van der Waals surface area (Å²) in [6.07, 6.45) is 2.71. The van der Waals surface area contributed by atoms with Crippen LogP contribution in [0.15, 0.2) is 54.6 Å². The van der Waals surface area contributed by atoms with Gasteiger partial charge in [-0.3, -0.25) is 9.59 Å². The molecule has 0 unspecified atom stereocenters. The van der Waals surface area contributed by atoms with Gasteiger partial charge in [-0.1, -0.05) is 37.3 Å². The van der Waals surface area contributed by atoms with Crippen molar-refractivity contribution < 1.29 is 14.3 Å². The van der Waals surface area contributed by atoms with Gasteiger partial charge in [-0.25, -0.2) is 0 Å². The van der Waals surface area contributed by atoms with Gasteiger partial charge in [0.25, 0.3) is 5.91 Å². The van der Waals surface area contributed by atoms with E-state index in [0.29, 0.717) is 5.69 Å². The van der Waals surface area contributed by atoms with Gasteiger partial charge in [-0.05, 0) is 48.6 Å². The predicted octanol–water partition coefficient (Wildman–Crippen LogP) is 3.96. The summed E-state index contributed by atoms with van der Waals surface area (Å²) < 4.78 is 5.11. The third kappa shape index (κ3) is 5.58. The number of anilines is 2. The van der Waals surface area contributed by atoms with Crippen LogP contribution in [0.5, 0.6) is 0 Å². The van der Waals surface area contributed by atoms with Crippen LogP contribution < -0.4 is 10.2 Å². The second-order valence-corrected chi connectivity index (χ2v) is 6.97. The van der Waals surface area contributed by atoms with E-state index in [4.69, 9.17) is 4.74 Å². The number of carbonyl (C=O) groups excluding carboxylic acids is 2. The van der Waals surface area contributed by atoms with Crippen molar-refractivity contribution in [1.82, 2.24) is 0 Å². The number of ether oxygens (including phenoxy) is 1. The normalized spacial score (nSPS) is 14.6. The van der Waals surface area contributed by atoms with Crippen molar-refractivity contribution in [1.29, 1.82) is 0 Å². The summed E-state index contributed by atoms with van der Waals surface area (Å²) in [5, 5.41) is 2.77. The second-order valence-electron chi connectivity index (χ2n) is 6.97. The van der Waals surface area contributed by atoms with Gasteiger partial charge in [0.2, 0.25) is 0 Å². The van der Waals surface area contributed by atoms with Gasteiger partial charge >= 0.3 is 5.97 Å². The zero-order valence-electron chi connectivity index (χ0n) is 15.7. The van der Waals surface area contributed by atoms with Crippen molar-refractivity contribution in [2.45, 2.75) is 32.1 Å². The lowest BCUT2D eigenvalue weighted by Gasteiger charge is -2.17. The molecule has 2 aromatic carbocycles. The molecule has 1 saturated heterocycles. The minimum absolute atomic E-state index is 0.0555. The van der Waals surface area contributed by atoms with Crippen molar-refractivity contribution in [2.75, 3.05) is 29.9 Å². The highest BCUT2D eigenvalue weighted by Gasteiger charge is 2.14. The number of esters is 1. The van der Waals surface area contributed by atoms with E-state index in [1.807, 2.05) is 61.5 Å². The third-order valence-electron chi connectivity index (χ3n) is 4.83. The number of hydrogen-bond acceptors (Lipinski definition) is 4. The van der Waals surface area contributed by atoms with Gasteiger partial charge in [-0.15, -0.1) is 0 Å². The average molecular weight is 366 g/mol. The predicted molar refractivity (Wildman–Crippen MR) is 107 cm³/mol. The van der Waals surface area contributed by atoms with E-state index in [9.17, 15) is 9.59 Å². The number of nitrogens with one attached hydrogen (secondary N) is 1. The Bertz CT molecular complexity index is 753. The number of rotatable bonds is 7. The first-order valence-corrected chi connectivity index (χ1v) is 9.47. The molecule has 1 fully saturated rings. The Labute approximate surface area is 160 Å². The van der Waals surface area contributed by atoms with E-state index >= 15 is 0 Å². The molecule has 0 saturated carbocycles. The Morgan fingerprint density at radius 3 is 2.37 bits per heavy atom. The lowest BCUT2D eigenvalue weighted by molar-refractivity contribution is -0.147. The standard InChI is InChI=1S/C22H26N2O3/c1-17(18-7-3-2-4-8-18)15-22(26)27-16-21(25)23-19-9-11-20(12-10-19)24-13-5-6-14-24/h2-4,7-12,17H,5-6,13-16H2,1H3,(H,23,25)/t17-/m0/s1. The Morgan fingerprint density at radius 1 is 1.04 bits per heavy atom. The van der Waals surface area contributed by atoms with E-state index in [0.717, 1.165) is 18.7 Å². The van der Waals surface area contributed by atoms with Crippen molar-refractivity contribution in [3.8, 4) is 0 Å². The Morgan fingerprint density at radius 2 is 1.70 bits per heavy atom. The van der Waals surface area contributed by atoms with Crippen molar-refractivity contribution in [3.63, 3.8) is 0 Å². The van der Waals surface area contributed by atoms with Crippen LogP contribution in [0, 0.1) is 0 Å². The minimum Gasteiger partial charge on any atom is -0.456 e. The maximum atomic E-state index is 12.0. The van der Waals surface area contributed by atoms with E-state index < -0.39 is 0 Å². The first kappa shape index (κ1) is 19.0. The molecule has 3 rings (SSSR count). The smallest absolute Gasteiger partial charge is 0.306 e. The summed E-state index contributed by atoms with van der Waals surface area (Å²) in [6, 6.07) is 17.6. The monoisotopic (exact) mass is 366 g/mol. The maximum absolute atomic E-state index is 12.0. The molecule has 1 N–H and O–H groups in total. The molecule has 1 aliphatic rings.